The summed E-state index contributed by atoms with van der Waals surface area (Å²) in [6.07, 6.45) is 3.96. The van der Waals surface area contributed by atoms with Crippen molar-refractivity contribution in [1.82, 2.24) is 0 Å². The second-order valence-corrected chi connectivity index (χ2v) is 9.60. The Morgan fingerprint density at radius 2 is 1.50 bits per heavy atom. The molecule has 5 rings (SSSR count). The van der Waals surface area contributed by atoms with Gasteiger partial charge in [-0.25, -0.2) is 4.79 Å². The van der Waals surface area contributed by atoms with Crippen molar-refractivity contribution < 1.29 is 23.7 Å². The lowest BCUT2D eigenvalue weighted by Gasteiger charge is -2.22. The molecule has 0 fully saturated rings. The van der Waals surface area contributed by atoms with Crippen molar-refractivity contribution in [2.24, 2.45) is 0 Å². The fourth-order valence-corrected chi connectivity index (χ4v) is 4.96. The predicted molar refractivity (Wildman–Crippen MR) is 158 cm³/mol. The summed E-state index contributed by atoms with van der Waals surface area (Å²) >= 11 is 0. The summed E-state index contributed by atoms with van der Waals surface area (Å²) in [5, 5.41) is 0. The molecular formula is C35H34O5. The third-order valence-corrected chi connectivity index (χ3v) is 7.01. The van der Waals surface area contributed by atoms with Gasteiger partial charge in [0.2, 0.25) is 0 Å². The molecule has 1 aliphatic rings. The van der Waals surface area contributed by atoms with Gasteiger partial charge >= 0.3 is 5.97 Å². The van der Waals surface area contributed by atoms with Crippen LogP contribution in [-0.4, -0.2) is 39.0 Å². The van der Waals surface area contributed by atoms with Crippen LogP contribution >= 0.6 is 0 Å². The third kappa shape index (κ3) is 6.50. The number of benzene rings is 4. The van der Waals surface area contributed by atoms with Gasteiger partial charge in [0.25, 0.3) is 0 Å². The van der Waals surface area contributed by atoms with Crippen LogP contribution in [0.25, 0.3) is 23.3 Å². The van der Waals surface area contributed by atoms with Crippen LogP contribution in [-0.2, 0) is 25.4 Å². The number of rotatable bonds is 11. The van der Waals surface area contributed by atoms with Gasteiger partial charge in [-0.15, -0.1) is 0 Å². The zero-order valence-electron chi connectivity index (χ0n) is 22.9. The van der Waals surface area contributed by atoms with Crippen molar-refractivity contribution in [3.63, 3.8) is 0 Å². The van der Waals surface area contributed by atoms with Crippen LogP contribution in [0.2, 0.25) is 0 Å². The molecule has 1 aliphatic carbocycles. The number of methoxy groups -OCH3 is 1. The Bertz CT molecular complexity index is 1440. The molecule has 0 amide bonds. The van der Waals surface area contributed by atoms with E-state index in [2.05, 4.69) is 78.9 Å². The number of carbonyl (C=O) groups is 1. The fraction of sp³-hybridized carbons (Fsp3) is 0.229. The molecule has 5 nitrogen and oxygen atoms in total. The second kappa shape index (κ2) is 13.2. The number of hydrogen-bond donors (Lipinski definition) is 0. The number of hydrogen-bond acceptors (Lipinski definition) is 5. The van der Waals surface area contributed by atoms with Gasteiger partial charge in [0.15, 0.2) is 6.10 Å². The Hall–Kier alpha value is -4.19. The minimum atomic E-state index is -0.622. The van der Waals surface area contributed by atoms with E-state index >= 15 is 0 Å². The summed E-state index contributed by atoms with van der Waals surface area (Å²) < 4.78 is 22.9. The number of ether oxygens (including phenoxy) is 4. The lowest BCUT2D eigenvalue weighted by Crippen LogP contribution is -2.27. The van der Waals surface area contributed by atoms with E-state index in [9.17, 15) is 4.79 Å². The van der Waals surface area contributed by atoms with Gasteiger partial charge in [-0.05, 0) is 64.1 Å². The van der Waals surface area contributed by atoms with E-state index in [0.717, 1.165) is 33.6 Å². The molecule has 0 aliphatic heterocycles. The van der Waals surface area contributed by atoms with Gasteiger partial charge in [-0.2, -0.15) is 0 Å². The Balaban J connectivity index is 1.24. The monoisotopic (exact) mass is 534 g/mol. The van der Waals surface area contributed by atoms with Crippen LogP contribution in [0, 0.1) is 0 Å². The van der Waals surface area contributed by atoms with Crippen molar-refractivity contribution in [2.45, 2.75) is 25.6 Å². The van der Waals surface area contributed by atoms with E-state index in [-0.39, 0.29) is 12.1 Å². The van der Waals surface area contributed by atoms with Crippen LogP contribution in [0.4, 0.5) is 0 Å². The van der Waals surface area contributed by atoms with Crippen LogP contribution in [0.5, 0.6) is 5.75 Å². The van der Waals surface area contributed by atoms with Crippen molar-refractivity contribution in [2.75, 3.05) is 26.9 Å². The van der Waals surface area contributed by atoms with E-state index in [0.29, 0.717) is 26.2 Å². The van der Waals surface area contributed by atoms with E-state index in [1.54, 1.807) is 6.92 Å². The number of fused-ring (bicyclic) bond motifs is 2. The molecular weight excluding hydrogens is 500 g/mol. The quantitative estimate of drug-likeness (QED) is 0.151. The third-order valence-electron chi connectivity index (χ3n) is 7.01. The van der Waals surface area contributed by atoms with E-state index in [4.69, 9.17) is 18.9 Å². The lowest BCUT2D eigenvalue weighted by molar-refractivity contribution is -0.154. The zero-order chi connectivity index (χ0) is 27.7. The first-order valence-electron chi connectivity index (χ1n) is 13.7. The molecule has 0 saturated heterocycles. The highest BCUT2D eigenvalue weighted by Gasteiger charge is 2.23. The second-order valence-electron chi connectivity index (χ2n) is 9.60. The molecule has 0 aromatic heterocycles. The van der Waals surface area contributed by atoms with Gasteiger partial charge in [0.05, 0.1) is 13.2 Å². The van der Waals surface area contributed by atoms with Gasteiger partial charge in [-0.3, -0.25) is 0 Å². The molecule has 2 atom stereocenters. The molecule has 40 heavy (non-hydrogen) atoms. The molecule has 0 bridgehead atoms. The maximum atomic E-state index is 12.0. The highest BCUT2D eigenvalue weighted by Crippen LogP contribution is 2.37. The summed E-state index contributed by atoms with van der Waals surface area (Å²) in [7, 11) is 1.52. The maximum Gasteiger partial charge on any atom is 0.335 e. The van der Waals surface area contributed by atoms with Gasteiger partial charge in [-0.1, -0.05) is 91.0 Å². The molecule has 4 aromatic rings. The first kappa shape index (κ1) is 27.4. The molecule has 0 heterocycles. The van der Waals surface area contributed by atoms with Crippen LogP contribution in [0.3, 0.4) is 0 Å². The highest BCUT2D eigenvalue weighted by atomic mass is 16.6. The standard InChI is InChI=1S/C35H34O5/c1-3-38-35(36)33(37-2)23-25-13-18-30(19-14-25)39-21-22-40-34-31-12-8-7-11-27(31)15-16-29-24-28(17-20-32(29)34)26-9-5-4-6-10-26/h4-20,24,33-34H,3,21-23H2,1-2H3. The Labute approximate surface area is 236 Å². The normalized spacial score (nSPS) is 14.5. The minimum absolute atomic E-state index is 0.203. The molecule has 4 aromatic carbocycles. The Morgan fingerprint density at radius 1 is 0.775 bits per heavy atom. The van der Waals surface area contributed by atoms with E-state index in [1.807, 2.05) is 30.3 Å². The molecule has 0 saturated carbocycles. The number of esters is 1. The van der Waals surface area contributed by atoms with Crippen molar-refractivity contribution in [3.8, 4) is 16.9 Å². The van der Waals surface area contributed by atoms with Crippen LogP contribution in [0.1, 0.15) is 40.8 Å². The first-order valence-corrected chi connectivity index (χ1v) is 13.7. The first-order chi connectivity index (χ1) is 19.7. The summed E-state index contributed by atoms with van der Waals surface area (Å²) in [4.78, 5) is 12.0. The summed E-state index contributed by atoms with van der Waals surface area (Å²) in [5.41, 5.74) is 7.92. The lowest BCUT2D eigenvalue weighted by atomic mass is 9.93. The zero-order valence-corrected chi connectivity index (χ0v) is 22.9. The number of carbonyl (C=O) groups excluding carboxylic acids is 1. The Kier molecular flexibility index (Phi) is 9.07. The topological polar surface area (TPSA) is 54.0 Å². The van der Waals surface area contributed by atoms with E-state index in [1.165, 1.54) is 18.2 Å². The molecule has 5 heteroatoms. The fourth-order valence-electron chi connectivity index (χ4n) is 4.96. The van der Waals surface area contributed by atoms with Gasteiger partial charge < -0.3 is 18.9 Å². The SMILES string of the molecule is CCOC(=O)C(Cc1ccc(OCCOC2c3ccccc3C=Cc3cc(-c4ccccc4)ccc32)cc1)OC. The van der Waals surface area contributed by atoms with Crippen LogP contribution in [0.15, 0.2) is 97.1 Å². The van der Waals surface area contributed by atoms with Gasteiger partial charge in [0, 0.05) is 13.5 Å². The minimum Gasteiger partial charge on any atom is -0.491 e. The predicted octanol–water partition coefficient (Wildman–Crippen LogP) is 7.14. The summed E-state index contributed by atoms with van der Waals surface area (Å²) in [5.74, 6) is 0.393. The van der Waals surface area contributed by atoms with Crippen molar-refractivity contribution in [3.05, 3.63) is 125 Å². The van der Waals surface area contributed by atoms with Crippen molar-refractivity contribution in [1.29, 1.82) is 0 Å². The van der Waals surface area contributed by atoms with Crippen molar-refractivity contribution >= 4 is 18.1 Å². The smallest absolute Gasteiger partial charge is 0.335 e. The van der Waals surface area contributed by atoms with E-state index < -0.39 is 6.10 Å². The Morgan fingerprint density at radius 3 is 2.27 bits per heavy atom. The summed E-state index contributed by atoms with van der Waals surface area (Å²) in [6, 6.07) is 33.0. The van der Waals surface area contributed by atoms with Crippen LogP contribution < -0.4 is 4.74 Å². The maximum absolute atomic E-state index is 12.0. The molecule has 0 spiro atoms. The largest absolute Gasteiger partial charge is 0.491 e. The highest BCUT2D eigenvalue weighted by molar-refractivity contribution is 5.79. The average molecular weight is 535 g/mol. The van der Waals surface area contributed by atoms with Gasteiger partial charge in [0.1, 0.15) is 18.5 Å². The molecule has 2 unspecified atom stereocenters. The molecule has 0 N–H and O–H groups in total. The summed E-state index contributed by atoms with van der Waals surface area (Å²) in [6.45, 7) is 2.95. The molecule has 0 radical (unpaired) electrons. The average Bonchev–Trinajstić information content (AvgIpc) is 3.15. The molecule has 204 valence electrons.